The van der Waals surface area contributed by atoms with E-state index in [1.807, 2.05) is 0 Å². The lowest BCUT2D eigenvalue weighted by Gasteiger charge is -2.28. The Hall–Kier alpha value is -4.02. The van der Waals surface area contributed by atoms with E-state index in [9.17, 15) is 23.1 Å². The largest absolute Gasteiger partial charge is 0.497 e. The summed E-state index contributed by atoms with van der Waals surface area (Å²) in [6.07, 6.45) is -1.97. The standard InChI is InChI=1S/C27H22ClF3N4O3/c1-15(25(36)34-33-23-10-6-5-9-22(23)28)35-14-16(13-32-35)19-11-17(38-2)12-21-24(19)18-7-3-4-8-20(18)26(21,37)27(29,30)31/h3-15,33,37H,1-2H3,(H,34,36). The normalized spacial score (nSPS) is 16.9. The lowest BCUT2D eigenvalue weighted by Crippen LogP contribution is -2.41. The Labute approximate surface area is 220 Å². The van der Waals surface area contributed by atoms with Gasteiger partial charge in [-0.1, -0.05) is 48.0 Å². The van der Waals surface area contributed by atoms with Crippen molar-refractivity contribution in [3.05, 3.63) is 89.2 Å². The van der Waals surface area contributed by atoms with Crippen molar-refractivity contribution >= 4 is 23.2 Å². The molecular weight excluding hydrogens is 521 g/mol. The molecule has 4 aromatic rings. The van der Waals surface area contributed by atoms with Crippen molar-refractivity contribution in [2.45, 2.75) is 24.7 Å². The maximum absolute atomic E-state index is 14.3. The van der Waals surface area contributed by atoms with Crippen molar-refractivity contribution in [3.63, 3.8) is 0 Å². The minimum atomic E-state index is -4.98. The van der Waals surface area contributed by atoms with Crippen LogP contribution in [0.2, 0.25) is 5.02 Å². The first-order valence-corrected chi connectivity index (χ1v) is 11.9. The fraction of sp³-hybridized carbons (Fsp3) is 0.185. The van der Waals surface area contributed by atoms with Gasteiger partial charge in [-0.05, 0) is 47.9 Å². The molecule has 1 aliphatic carbocycles. The predicted molar refractivity (Wildman–Crippen MR) is 137 cm³/mol. The summed E-state index contributed by atoms with van der Waals surface area (Å²) in [5.74, 6) is -0.288. The third kappa shape index (κ3) is 4.06. The van der Waals surface area contributed by atoms with Gasteiger partial charge in [0.05, 0.1) is 24.0 Å². The van der Waals surface area contributed by atoms with Crippen molar-refractivity contribution in [1.82, 2.24) is 15.2 Å². The molecule has 38 heavy (non-hydrogen) atoms. The summed E-state index contributed by atoms with van der Waals surface area (Å²) in [5, 5.41) is 15.8. The lowest BCUT2D eigenvalue weighted by atomic mass is 9.89. The molecule has 7 nitrogen and oxygen atoms in total. The first kappa shape index (κ1) is 25.6. The molecule has 2 unspecified atom stereocenters. The zero-order chi connectivity index (χ0) is 27.2. The number of nitrogens with zero attached hydrogens (tertiary/aromatic N) is 2. The topological polar surface area (TPSA) is 88.4 Å². The zero-order valence-corrected chi connectivity index (χ0v) is 20.9. The molecule has 0 fully saturated rings. The van der Waals surface area contributed by atoms with Crippen LogP contribution in [0.15, 0.2) is 73.1 Å². The number of methoxy groups -OCH3 is 1. The first-order chi connectivity index (χ1) is 18.1. The molecule has 1 aliphatic rings. The third-order valence-corrected chi connectivity index (χ3v) is 6.95. The molecule has 0 saturated heterocycles. The summed E-state index contributed by atoms with van der Waals surface area (Å²) in [5.41, 5.74) is 3.34. The number of hydrogen-bond acceptors (Lipinski definition) is 5. The minimum absolute atomic E-state index is 0.136. The Balaban J connectivity index is 1.53. The Kier molecular flexibility index (Phi) is 6.32. The Morgan fingerprint density at radius 3 is 2.53 bits per heavy atom. The average Bonchev–Trinajstić information content (AvgIpc) is 3.49. The average molecular weight is 543 g/mol. The van der Waals surface area contributed by atoms with E-state index in [4.69, 9.17) is 16.3 Å². The first-order valence-electron chi connectivity index (χ1n) is 11.5. The van der Waals surface area contributed by atoms with Crippen LogP contribution in [0, 0.1) is 0 Å². The second-order valence-corrected chi connectivity index (χ2v) is 9.24. The molecule has 11 heteroatoms. The summed E-state index contributed by atoms with van der Waals surface area (Å²) in [7, 11) is 1.34. The number of benzene rings is 3. The zero-order valence-electron chi connectivity index (χ0n) is 20.2. The Bertz CT molecular complexity index is 1540. The quantitative estimate of drug-likeness (QED) is 0.272. The molecule has 3 aromatic carbocycles. The number of amides is 1. The predicted octanol–water partition coefficient (Wildman–Crippen LogP) is 5.70. The van der Waals surface area contributed by atoms with Gasteiger partial charge in [-0.25, -0.2) is 0 Å². The summed E-state index contributed by atoms with van der Waals surface area (Å²) in [6.45, 7) is 1.62. The van der Waals surface area contributed by atoms with Gasteiger partial charge in [0.25, 0.3) is 5.91 Å². The van der Waals surface area contributed by atoms with Crippen molar-refractivity contribution in [1.29, 1.82) is 0 Å². The smallest absolute Gasteiger partial charge is 0.425 e. The second-order valence-electron chi connectivity index (χ2n) is 8.83. The number of fused-ring (bicyclic) bond motifs is 3. The Morgan fingerprint density at radius 1 is 1.11 bits per heavy atom. The Morgan fingerprint density at radius 2 is 1.82 bits per heavy atom. The van der Waals surface area contributed by atoms with E-state index in [-0.39, 0.29) is 28.0 Å². The highest BCUT2D eigenvalue weighted by Gasteiger charge is 2.61. The van der Waals surface area contributed by atoms with E-state index in [2.05, 4.69) is 16.0 Å². The van der Waals surface area contributed by atoms with Crippen LogP contribution >= 0.6 is 11.6 Å². The number of alkyl halides is 3. The van der Waals surface area contributed by atoms with Gasteiger partial charge in [-0.2, -0.15) is 18.3 Å². The number of hydrazine groups is 1. The summed E-state index contributed by atoms with van der Waals surface area (Å²) >= 11 is 6.10. The number of aliphatic hydroxyl groups is 1. The molecule has 1 heterocycles. The van der Waals surface area contributed by atoms with Crippen molar-refractivity contribution < 1.29 is 27.8 Å². The number of carbonyl (C=O) groups is 1. The molecule has 0 radical (unpaired) electrons. The van der Waals surface area contributed by atoms with Gasteiger partial charge in [0.1, 0.15) is 11.8 Å². The van der Waals surface area contributed by atoms with Gasteiger partial charge < -0.3 is 9.84 Å². The van der Waals surface area contributed by atoms with Gasteiger partial charge in [-0.3, -0.25) is 20.3 Å². The lowest BCUT2D eigenvalue weighted by molar-refractivity contribution is -0.246. The van der Waals surface area contributed by atoms with Crippen LogP contribution in [0.4, 0.5) is 18.9 Å². The molecule has 3 N–H and O–H groups in total. The molecule has 0 saturated carbocycles. The van der Waals surface area contributed by atoms with Crippen molar-refractivity contribution in [3.8, 4) is 28.0 Å². The molecular formula is C27H22ClF3N4O3. The van der Waals surface area contributed by atoms with E-state index < -0.39 is 23.7 Å². The number of ether oxygens (including phenoxy) is 1. The van der Waals surface area contributed by atoms with Gasteiger partial charge in [0.2, 0.25) is 5.60 Å². The number of aromatic nitrogens is 2. The number of halogens is 4. The highest BCUT2D eigenvalue weighted by Crippen LogP contribution is 2.58. The molecule has 2 atom stereocenters. The maximum atomic E-state index is 14.3. The van der Waals surface area contributed by atoms with Gasteiger partial charge in [0.15, 0.2) is 0 Å². The van der Waals surface area contributed by atoms with E-state index in [1.54, 1.807) is 49.5 Å². The highest BCUT2D eigenvalue weighted by molar-refractivity contribution is 6.33. The number of para-hydroxylation sites is 1. The van der Waals surface area contributed by atoms with Gasteiger partial charge >= 0.3 is 6.18 Å². The van der Waals surface area contributed by atoms with Crippen LogP contribution in [0.25, 0.3) is 22.3 Å². The van der Waals surface area contributed by atoms with Crippen molar-refractivity contribution in [2.75, 3.05) is 12.5 Å². The van der Waals surface area contributed by atoms with Crippen LogP contribution in [0.3, 0.4) is 0 Å². The third-order valence-electron chi connectivity index (χ3n) is 6.62. The molecule has 0 spiro atoms. The number of nitrogens with one attached hydrogen (secondary N) is 2. The highest BCUT2D eigenvalue weighted by atomic mass is 35.5. The maximum Gasteiger partial charge on any atom is 0.425 e. The fourth-order valence-corrected chi connectivity index (χ4v) is 4.79. The van der Waals surface area contributed by atoms with E-state index in [1.165, 1.54) is 42.3 Å². The number of carbonyl (C=O) groups excluding carboxylic acids is 1. The van der Waals surface area contributed by atoms with Crippen LogP contribution in [-0.4, -0.2) is 34.1 Å². The molecule has 5 rings (SSSR count). The van der Waals surface area contributed by atoms with Crippen LogP contribution in [-0.2, 0) is 10.4 Å². The van der Waals surface area contributed by atoms with E-state index in [0.29, 0.717) is 21.8 Å². The van der Waals surface area contributed by atoms with E-state index >= 15 is 0 Å². The fourth-order valence-electron chi connectivity index (χ4n) is 4.61. The van der Waals surface area contributed by atoms with Gasteiger partial charge in [-0.15, -0.1) is 0 Å². The monoisotopic (exact) mass is 542 g/mol. The number of anilines is 1. The van der Waals surface area contributed by atoms with Crippen molar-refractivity contribution in [2.24, 2.45) is 0 Å². The molecule has 196 valence electrons. The molecule has 1 aromatic heterocycles. The van der Waals surface area contributed by atoms with Crippen LogP contribution < -0.4 is 15.6 Å². The summed E-state index contributed by atoms with van der Waals surface area (Å²) in [6, 6.07) is 14.8. The van der Waals surface area contributed by atoms with Gasteiger partial charge in [0, 0.05) is 22.9 Å². The summed E-state index contributed by atoms with van der Waals surface area (Å²) < 4.78 is 49.7. The van der Waals surface area contributed by atoms with E-state index in [0.717, 1.165) is 0 Å². The molecule has 0 aliphatic heterocycles. The van der Waals surface area contributed by atoms with Crippen LogP contribution in [0.5, 0.6) is 5.75 Å². The number of rotatable bonds is 6. The van der Waals surface area contributed by atoms with Crippen LogP contribution in [0.1, 0.15) is 24.1 Å². The minimum Gasteiger partial charge on any atom is -0.497 e. The number of hydrogen-bond donors (Lipinski definition) is 3. The molecule has 0 bridgehead atoms. The second kappa shape index (κ2) is 9.38. The SMILES string of the molecule is COc1cc(-c2cnn(C(C)C(=O)NNc3ccccc3Cl)c2)c2c(c1)C(O)(C(F)(F)F)c1ccccc1-2. The summed E-state index contributed by atoms with van der Waals surface area (Å²) in [4.78, 5) is 12.8. The molecule has 1 amide bonds.